The quantitative estimate of drug-likeness (QED) is 0.840. The Morgan fingerprint density at radius 1 is 1.36 bits per heavy atom. The van der Waals surface area contributed by atoms with E-state index < -0.39 is 24.5 Å². The number of rotatable bonds is 4. The lowest BCUT2D eigenvalue weighted by molar-refractivity contribution is -0.157. The van der Waals surface area contributed by atoms with Crippen molar-refractivity contribution >= 4 is 11.8 Å². The molecule has 0 aromatic heterocycles. The lowest BCUT2D eigenvalue weighted by Gasteiger charge is -2.21. The molecule has 0 aromatic carbocycles. The maximum Gasteiger partial charge on any atom is 0.406 e. The van der Waals surface area contributed by atoms with Gasteiger partial charge in [0.1, 0.15) is 6.54 Å². The third kappa shape index (κ3) is 4.34. The van der Waals surface area contributed by atoms with Gasteiger partial charge in [0, 0.05) is 38.1 Å². The molecule has 2 rings (SSSR count). The predicted octanol–water partition coefficient (Wildman–Crippen LogP) is 0.996. The molecule has 0 saturated carbocycles. The molecule has 0 aliphatic carbocycles. The number of carbonyl (C=O) groups is 2. The Kier molecular flexibility index (Phi) is 4.99. The van der Waals surface area contributed by atoms with Crippen LogP contribution >= 0.6 is 0 Å². The molecule has 2 aliphatic heterocycles. The molecule has 0 aromatic rings. The fourth-order valence-electron chi connectivity index (χ4n) is 3.01. The van der Waals surface area contributed by atoms with Crippen molar-refractivity contribution < 1.29 is 22.8 Å². The fraction of sp³-hybridized carbons (Fsp3) is 0.857. The molecule has 2 heterocycles. The molecule has 8 heteroatoms. The number of alkyl halides is 3. The summed E-state index contributed by atoms with van der Waals surface area (Å²) in [4.78, 5) is 26.7. The second-order valence-electron chi connectivity index (χ2n) is 6.37. The van der Waals surface area contributed by atoms with Crippen molar-refractivity contribution in [3.63, 3.8) is 0 Å². The van der Waals surface area contributed by atoms with E-state index in [9.17, 15) is 22.8 Å². The number of amides is 2. The highest BCUT2D eigenvalue weighted by molar-refractivity contribution is 5.89. The van der Waals surface area contributed by atoms with E-state index in [0.717, 1.165) is 24.4 Å². The van der Waals surface area contributed by atoms with Crippen molar-refractivity contribution in [2.75, 3.05) is 26.2 Å². The van der Waals surface area contributed by atoms with Crippen LogP contribution in [0.25, 0.3) is 0 Å². The summed E-state index contributed by atoms with van der Waals surface area (Å²) >= 11 is 0. The maximum atomic E-state index is 12.4. The first-order valence-corrected chi connectivity index (χ1v) is 7.54. The van der Waals surface area contributed by atoms with Crippen molar-refractivity contribution in [2.24, 2.45) is 5.92 Å². The highest BCUT2D eigenvalue weighted by atomic mass is 19.4. The van der Waals surface area contributed by atoms with Gasteiger partial charge in [-0.3, -0.25) is 14.5 Å². The van der Waals surface area contributed by atoms with Crippen LogP contribution in [-0.2, 0) is 9.59 Å². The summed E-state index contributed by atoms with van der Waals surface area (Å²) in [7, 11) is 0. The molecule has 0 spiro atoms. The molecule has 2 unspecified atom stereocenters. The van der Waals surface area contributed by atoms with E-state index in [1.165, 1.54) is 0 Å². The summed E-state index contributed by atoms with van der Waals surface area (Å²) in [5.74, 6) is -1.59. The minimum Gasteiger partial charge on any atom is -0.352 e. The summed E-state index contributed by atoms with van der Waals surface area (Å²) in [5.41, 5.74) is 0. The molecule has 2 saturated heterocycles. The van der Waals surface area contributed by atoms with Crippen LogP contribution in [-0.4, -0.2) is 66.1 Å². The Morgan fingerprint density at radius 2 is 2.05 bits per heavy atom. The van der Waals surface area contributed by atoms with Crippen LogP contribution < -0.4 is 5.32 Å². The number of nitrogens with zero attached hydrogens (tertiary/aromatic N) is 2. The van der Waals surface area contributed by atoms with Crippen LogP contribution in [0.3, 0.4) is 0 Å². The minimum absolute atomic E-state index is 0.0154. The van der Waals surface area contributed by atoms with Gasteiger partial charge in [-0.25, -0.2) is 0 Å². The highest BCUT2D eigenvalue weighted by Gasteiger charge is 2.41. The Labute approximate surface area is 127 Å². The maximum absolute atomic E-state index is 12.4. The molecule has 2 fully saturated rings. The zero-order valence-electron chi connectivity index (χ0n) is 12.8. The van der Waals surface area contributed by atoms with Gasteiger partial charge in [-0.05, 0) is 20.3 Å². The number of halogens is 3. The van der Waals surface area contributed by atoms with E-state index in [0.29, 0.717) is 6.04 Å². The third-order valence-corrected chi connectivity index (χ3v) is 4.25. The normalized spacial score (nSPS) is 27.0. The lowest BCUT2D eigenvalue weighted by Crippen LogP contribution is -2.42. The van der Waals surface area contributed by atoms with Gasteiger partial charge in [0.25, 0.3) is 0 Å². The molecule has 2 atom stereocenters. The second kappa shape index (κ2) is 6.44. The Hall–Kier alpha value is -1.31. The van der Waals surface area contributed by atoms with Gasteiger partial charge < -0.3 is 10.2 Å². The molecule has 126 valence electrons. The van der Waals surface area contributed by atoms with Gasteiger partial charge in [-0.15, -0.1) is 0 Å². The third-order valence-electron chi connectivity index (χ3n) is 4.25. The SMILES string of the molecule is CC(C)N1CCC(NC(=O)C2CC(=O)N(CC(F)(F)F)C2)C1. The zero-order chi connectivity index (χ0) is 16.5. The zero-order valence-corrected chi connectivity index (χ0v) is 12.8. The van der Waals surface area contributed by atoms with Crippen molar-refractivity contribution in [2.45, 2.75) is 44.9 Å². The monoisotopic (exact) mass is 321 g/mol. The Bertz CT molecular complexity index is 440. The van der Waals surface area contributed by atoms with E-state index in [1.54, 1.807) is 0 Å². The first kappa shape index (κ1) is 17.1. The predicted molar refractivity (Wildman–Crippen MR) is 74.0 cm³/mol. The molecular formula is C14H22F3N3O2. The fourth-order valence-corrected chi connectivity index (χ4v) is 3.01. The number of nitrogens with one attached hydrogen (secondary N) is 1. The van der Waals surface area contributed by atoms with E-state index in [1.807, 2.05) is 0 Å². The van der Waals surface area contributed by atoms with Gasteiger partial charge in [0.2, 0.25) is 11.8 Å². The first-order chi connectivity index (χ1) is 10.2. The van der Waals surface area contributed by atoms with Crippen molar-refractivity contribution in [1.82, 2.24) is 15.1 Å². The van der Waals surface area contributed by atoms with Gasteiger partial charge in [0.15, 0.2) is 0 Å². The molecule has 1 N–H and O–H groups in total. The number of carbonyl (C=O) groups excluding carboxylic acids is 2. The largest absolute Gasteiger partial charge is 0.406 e. The average Bonchev–Trinajstić information content (AvgIpc) is 2.96. The van der Waals surface area contributed by atoms with Gasteiger partial charge in [-0.2, -0.15) is 13.2 Å². The number of hydrogen-bond donors (Lipinski definition) is 1. The molecule has 0 bridgehead atoms. The van der Waals surface area contributed by atoms with Crippen LogP contribution in [0.5, 0.6) is 0 Å². The minimum atomic E-state index is -4.43. The van der Waals surface area contributed by atoms with Crippen LogP contribution in [0.4, 0.5) is 13.2 Å². The van der Waals surface area contributed by atoms with E-state index in [-0.39, 0.29) is 24.9 Å². The smallest absolute Gasteiger partial charge is 0.352 e. The number of likely N-dealkylation sites (tertiary alicyclic amines) is 2. The molecular weight excluding hydrogens is 299 g/mol. The standard InChI is InChI=1S/C14H22F3N3O2/c1-9(2)19-4-3-11(7-19)18-13(22)10-5-12(21)20(6-10)8-14(15,16)17/h9-11H,3-8H2,1-2H3,(H,18,22). The Morgan fingerprint density at radius 3 is 2.59 bits per heavy atom. The summed E-state index contributed by atoms with van der Waals surface area (Å²) in [6.45, 7) is 4.37. The highest BCUT2D eigenvalue weighted by Crippen LogP contribution is 2.24. The molecule has 22 heavy (non-hydrogen) atoms. The molecule has 0 radical (unpaired) electrons. The lowest BCUT2D eigenvalue weighted by atomic mass is 10.1. The van der Waals surface area contributed by atoms with E-state index in [4.69, 9.17) is 0 Å². The van der Waals surface area contributed by atoms with Crippen molar-refractivity contribution in [3.8, 4) is 0 Å². The first-order valence-electron chi connectivity index (χ1n) is 7.54. The summed E-state index contributed by atoms with van der Waals surface area (Å²) in [5, 5.41) is 2.87. The van der Waals surface area contributed by atoms with E-state index >= 15 is 0 Å². The van der Waals surface area contributed by atoms with Crippen LogP contribution in [0.2, 0.25) is 0 Å². The van der Waals surface area contributed by atoms with Crippen LogP contribution in [0.1, 0.15) is 26.7 Å². The topological polar surface area (TPSA) is 52.7 Å². The van der Waals surface area contributed by atoms with Crippen LogP contribution in [0.15, 0.2) is 0 Å². The van der Waals surface area contributed by atoms with Gasteiger partial charge in [0.05, 0.1) is 5.92 Å². The van der Waals surface area contributed by atoms with Crippen molar-refractivity contribution in [1.29, 1.82) is 0 Å². The second-order valence-corrected chi connectivity index (χ2v) is 6.37. The van der Waals surface area contributed by atoms with Crippen molar-refractivity contribution in [3.05, 3.63) is 0 Å². The molecule has 5 nitrogen and oxygen atoms in total. The average molecular weight is 321 g/mol. The van der Waals surface area contributed by atoms with Crippen LogP contribution in [0, 0.1) is 5.92 Å². The van der Waals surface area contributed by atoms with Gasteiger partial charge in [-0.1, -0.05) is 0 Å². The van der Waals surface area contributed by atoms with E-state index in [2.05, 4.69) is 24.1 Å². The summed E-state index contributed by atoms with van der Waals surface area (Å²) in [6.07, 6.45) is -3.73. The van der Waals surface area contributed by atoms with Gasteiger partial charge >= 0.3 is 6.18 Å². The number of hydrogen-bond acceptors (Lipinski definition) is 3. The Balaban J connectivity index is 1.83. The summed E-state index contributed by atoms with van der Waals surface area (Å²) in [6, 6.07) is 0.416. The molecule has 2 aliphatic rings. The summed E-state index contributed by atoms with van der Waals surface area (Å²) < 4.78 is 37.1. The molecule has 2 amide bonds.